The van der Waals surface area contributed by atoms with Crippen LogP contribution >= 0.6 is 0 Å². The minimum absolute atomic E-state index is 0.0369. The fourth-order valence-electron chi connectivity index (χ4n) is 2.48. The topological polar surface area (TPSA) is 38.7 Å². The summed E-state index contributed by atoms with van der Waals surface area (Å²) in [4.78, 5) is 0. The molecule has 18 heavy (non-hydrogen) atoms. The van der Waals surface area contributed by atoms with Gasteiger partial charge in [0.1, 0.15) is 0 Å². The van der Waals surface area contributed by atoms with Gasteiger partial charge in [-0.3, -0.25) is 0 Å². The van der Waals surface area contributed by atoms with Crippen molar-refractivity contribution in [3.8, 4) is 0 Å². The molecule has 0 radical (unpaired) electrons. The van der Waals surface area contributed by atoms with Gasteiger partial charge in [-0.05, 0) is 37.7 Å². The second-order valence-corrected chi connectivity index (χ2v) is 6.08. The van der Waals surface area contributed by atoms with Gasteiger partial charge in [0.15, 0.2) is 0 Å². The van der Waals surface area contributed by atoms with Crippen LogP contribution in [-0.2, 0) is 14.7 Å². The summed E-state index contributed by atoms with van der Waals surface area (Å²) >= 11 is 0. The van der Waals surface area contributed by atoms with Gasteiger partial charge in [-0.15, -0.1) is 0 Å². The van der Waals surface area contributed by atoms with Crippen molar-refractivity contribution in [1.82, 2.24) is 0 Å². The van der Waals surface area contributed by atoms with E-state index >= 15 is 0 Å². The summed E-state index contributed by atoms with van der Waals surface area (Å²) in [7, 11) is -0.252. The van der Waals surface area contributed by atoms with E-state index < -0.39 is 0 Å². The molecular weight excluding hydrogens is 227 g/mol. The number of hydrogen-bond acceptors (Lipinski definition) is 3. The zero-order valence-electron chi connectivity index (χ0n) is 11.0. The summed E-state index contributed by atoms with van der Waals surface area (Å²) in [6.45, 7) is 4.94. The smallest absolute Gasteiger partial charge is 0.404 e. The molecule has 0 spiro atoms. The summed E-state index contributed by atoms with van der Waals surface area (Å²) in [5.41, 5.74) is 2.12. The maximum absolute atomic E-state index is 9.41. The molecule has 3 nitrogen and oxygen atoms in total. The molecule has 1 aliphatic carbocycles. The molecule has 96 valence electrons. The molecule has 0 bridgehead atoms. The van der Waals surface area contributed by atoms with Crippen LogP contribution in [0.1, 0.15) is 32.3 Å². The molecule has 1 saturated carbocycles. The monoisotopic (exact) mass is 246 g/mol. The second kappa shape index (κ2) is 4.09. The van der Waals surface area contributed by atoms with Crippen LogP contribution in [0.25, 0.3) is 0 Å². The van der Waals surface area contributed by atoms with E-state index in [2.05, 4.69) is 24.3 Å². The van der Waals surface area contributed by atoms with Crippen molar-refractivity contribution in [1.29, 1.82) is 0 Å². The van der Waals surface area contributed by atoms with E-state index in [0.717, 1.165) is 18.3 Å². The Bertz CT molecular complexity index is 437. The third-order valence-electron chi connectivity index (χ3n) is 3.96. The number of hydrogen-bond donors (Lipinski definition) is 1. The van der Waals surface area contributed by atoms with E-state index in [1.54, 1.807) is 0 Å². The Morgan fingerprint density at radius 2 is 1.89 bits per heavy atom. The lowest BCUT2D eigenvalue weighted by Gasteiger charge is -2.16. The van der Waals surface area contributed by atoms with Gasteiger partial charge in [0.05, 0.1) is 18.8 Å². The lowest BCUT2D eigenvalue weighted by molar-refractivity contribution is 0.137. The Morgan fingerprint density at radius 3 is 2.33 bits per heavy atom. The summed E-state index contributed by atoms with van der Waals surface area (Å²) in [6, 6.07) is 8.29. The van der Waals surface area contributed by atoms with Crippen molar-refractivity contribution < 1.29 is 14.4 Å². The molecule has 1 aliphatic heterocycles. The van der Waals surface area contributed by atoms with Gasteiger partial charge in [0.25, 0.3) is 0 Å². The average Bonchev–Trinajstić information content (AvgIpc) is 3.08. The fraction of sp³-hybridized carbons (Fsp3) is 0.571. The van der Waals surface area contributed by atoms with E-state index in [1.807, 2.05) is 13.8 Å². The standard InChI is InChI=1S/C14H19BO3/c1-13(2)10-17-15(18-13)12-5-3-11(4-6-12)14(9-16)7-8-14/h3-6,16H,7-10H2,1-2H3. The highest BCUT2D eigenvalue weighted by Gasteiger charge is 2.44. The van der Waals surface area contributed by atoms with Gasteiger partial charge in [-0.1, -0.05) is 24.3 Å². The fourth-order valence-corrected chi connectivity index (χ4v) is 2.48. The van der Waals surface area contributed by atoms with Gasteiger partial charge in [0, 0.05) is 5.41 Å². The summed E-state index contributed by atoms with van der Waals surface area (Å²) in [5, 5.41) is 9.41. The van der Waals surface area contributed by atoms with Crippen molar-refractivity contribution in [2.45, 2.75) is 37.7 Å². The molecule has 0 atom stereocenters. The maximum Gasteiger partial charge on any atom is 0.494 e. The third-order valence-corrected chi connectivity index (χ3v) is 3.96. The van der Waals surface area contributed by atoms with Crippen LogP contribution in [0.15, 0.2) is 24.3 Å². The Hall–Kier alpha value is -0.835. The van der Waals surface area contributed by atoms with Crippen LogP contribution in [-0.4, -0.2) is 31.0 Å². The predicted octanol–water partition coefficient (Wildman–Crippen LogP) is 1.23. The van der Waals surface area contributed by atoms with Crippen molar-refractivity contribution in [2.75, 3.05) is 13.2 Å². The van der Waals surface area contributed by atoms with E-state index in [0.29, 0.717) is 6.61 Å². The van der Waals surface area contributed by atoms with Gasteiger partial charge in [-0.25, -0.2) is 0 Å². The summed E-state index contributed by atoms with van der Waals surface area (Å²) < 4.78 is 11.5. The molecular formula is C14H19BO3. The van der Waals surface area contributed by atoms with Crippen LogP contribution < -0.4 is 5.46 Å². The minimum Gasteiger partial charge on any atom is -0.404 e. The number of rotatable bonds is 3. The molecule has 0 aromatic heterocycles. The maximum atomic E-state index is 9.41. The van der Waals surface area contributed by atoms with Crippen molar-refractivity contribution in [3.63, 3.8) is 0 Å². The van der Waals surface area contributed by atoms with Crippen LogP contribution in [0.4, 0.5) is 0 Å². The van der Waals surface area contributed by atoms with Gasteiger partial charge >= 0.3 is 7.12 Å². The van der Waals surface area contributed by atoms with Crippen LogP contribution in [0.5, 0.6) is 0 Å². The molecule has 0 unspecified atom stereocenters. The largest absolute Gasteiger partial charge is 0.494 e. The highest BCUT2D eigenvalue weighted by molar-refractivity contribution is 6.61. The number of benzene rings is 1. The van der Waals surface area contributed by atoms with Crippen molar-refractivity contribution >= 4 is 12.6 Å². The first-order chi connectivity index (χ1) is 8.55. The third kappa shape index (κ3) is 2.09. The molecule has 1 aromatic rings. The zero-order valence-corrected chi connectivity index (χ0v) is 11.0. The lowest BCUT2D eigenvalue weighted by Crippen LogP contribution is -2.34. The molecule has 1 heterocycles. The van der Waals surface area contributed by atoms with Crippen LogP contribution in [0.2, 0.25) is 0 Å². The Kier molecular flexibility index (Phi) is 2.77. The first-order valence-corrected chi connectivity index (χ1v) is 6.55. The van der Waals surface area contributed by atoms with Crippen molar-refractivity contribution in [2.24, 2.45) is 0 Å². The predicted molar refractivity (Wildman–Crippen MR) is 70.9 cm³/mol. The van der Waals surface area contributed by atoms with Gasteiger partial charge in [0.2, 0.25) is 0 Å². The highest BCUT2D eigenvalue weighted by atomic mass is 16.7. The quantitative estimate of drug-likeness (QED) is 0.815. The Morgan fingerprint density at radius 1 is 1.22 bits per heavy atom. The SMILES string of the molecule is CC1(C)COB(c2ccc(C3(CO)CC3)cc2)O1. The normalized spacial score (nSPS) is 24.3. The zero-order chi connectivity index (χ0) is 12.8. The van der Waals surface area contributed by atoms with Crippen LogP contribution in [0.3, 0.4) is 0 Å². The van der Waals surface area contributed by atoms with Crippen LogP contribution in [0, 0.1) is 0 Å². The van der Waals surface area contributed by atoms with E-state index in [-0.39, 0.29) is 24.7 Å². The van der Waals surface area contributed by atoms with E-state index in [1.165, 1.54) is 5.56 Å². The molecule has 0 amide bonds. The number of aliphatic hydroxyl groups is 1. The Balaban J connectivity index is 1.76. The van der Waals surface area contributed by atoms with E-state index in [9.17, 15) is 5.11 Å². The molecule has 1 saturated heterocycles. The molecule has 1 aromatic carbocycles. The highest BCUT2D eigenvalue weighted by Crippen LogP contribution is 2.47. The van der Waals surface area contributed by atoms with Gasteiger partial charge in [-0.2, -0.15) is 0 Å². The summed E-state index contributed by atoms with van der Waals surface area (Å²) in [6.07, 6.45) is 2.18. The molecule has 3 rings (SSSR count). The Labute approximate surface area is 108 Å². The first kappa shape index (κ1) is 12.2. The molecule has 2 fully saturated rings. The molecule has 1 N–H and O–H groups in total. The van der Waals surface area contributed by atoms with E-state index in [4.69, 9.17) is 9.31 Å². The average molecular weight is 246 g/mol. The number of aliphatic hydroxyl groups excluding tert-OH is 1. The minimum atomic E-state index is -0.252. The van der Waals surface area contributed by atoms with Crippen molar-refractivity contribution in [3.05, 3.63) is 29.8 Å². The second-order valence-electron chi connectivity index (χ2n) is 6.08. The lowest BCUT2D eigenvalue weighted by atomic mass is 9.78. The molecule has 2 aliphatic rings. The van der Waals surface area contributed by atoms with Gasteiger partial charge < -0.3 is 14.4 Å². The summed E-state index contributed by atoms with van der Waals surface area (Å²) in [5.74, 6) is 0. The first-order valence-electron chi connectivity index (χ1n) is 6.55. The molecule has 4 heteroatoms.